The molecule has 1 aliphatic heterocycles. The molecule has 2 heterocycles. The number of allylic oxidation sites excluding steroid dienone is 3. The van der Waals surface area contributed by atoms with Gasteiger partial charge in [0.15, 0.2) is 5.13 Å². The number of hydrogen-bond donors (Lipinski definition) is 1. The molecule has 5 nitrogen and oxygen atoms in total. The number of hydrogen-bond acceptors (Lipinski definition) is 5. The zero-order chi connectivity index (χ0) is 19.6. The third-order valence-electron chi connectivity index (χ3n) is 4.80. The fourth-order valence-corrected chi connectivity index (χ4v) is 4.07. The molecule has 0 saturated carbocycles. The molecule has 0 fully saturated rings. The Morgan fingerprint density at radius 2 is 1.72 bits per heavy atom. The Morgan fingerprint density at radius 3 is 2.55 bits per heavy atom. The van der Waals surface area contributed by atoms with Gasteiger partial charge in [0.2, 0.25) is 0 Å². The second-order valence-electron chi connectivity index (χ2n) is 6.67. The maximum absolute atomic E-state index is 12.0. The van der Waals surface area contributed by atoms with Gasteiger partial charge >= 0.3 is 0 Å². The van der Waals surface area contributed by atoms with Crippen LogP contribution in [0.2, 0.25) is 0 Å². The van der Waals surface area contributed by atoms with Crippen LogP contribution in [0.1, 0.15) is 5.56 Å². The number of amides is 1. The number of thiazole rings is 1. The summed E-state index contributed by atoms with van der Waals surface area (Å²) in [5.41, 5.74) is 5.55. The first-order chi connectivity index (χ1) is 14.3. The molecule has 1 unspecified atom stereocenters. The SMILES string of the molecule is O=C1N=NC(c2ccc(Nc3nc(-c4ccccc4)cs3)cc2)=C2C=CC=CC12. The minimum atomic E-state index is -0.336. The first-order valence-corrected chi connectivity index (χ1v) is 10.1. The number of carbonyl (C=O) groups is 1. The zero-order valence-electron chi connectivity index (χ0n) is 15.3. The molecule has 6 heteroatoms. The highest BCUT2D eigenvalue weighted by atomic mass is 32.1. The van der Waals surface area contributed by atoms with E-state index < -0.39 is 0 Å². The number of azo groups is 1. The molecule has 1 aromatic heterocycles. The summed E-state index contributed by atoms with van der Waals surface area (Å²) in [6.45, 7) is 0. The van der Waals surface area contributed by atoms with Crippen LogP contribution in [0.4, 0.5) is 10.8 Å². The minimum Gasteiger partial charge on any atom is -0.332 e. The van der Waals surface area contributed by atoms with E-state index in [9.17, 15) is 4.79 Å². The topological polar surface area (TPSA) is 66.7 Å². The molecular weight excluding hydrogens is 380 g/mol. The van der Waals surface area contributed by atoms with E-state index in [0.29, 0.717) is 0 Å². The van der Waals surface area contributed by atoms with E-state index >= 15 is 0 Å². The number of anilines is 2. The summed E-state index contributed by atoms with van der Waals surface area (Å²) in [6.07, 6.45) is 7.58. The van der Waals surface area contributed by atoms with Crippen molar-refractivity contribution in [3.8, 4) is 11.3 Å². The molecule has 1 N–H and O–H groups in total. The molecule has 2 aromatic carbocycles. The molecule has 140 valence electrons. The number of nitrogens with zero attached hydrogens (tertiary/aromatic N) is 3. The summed E-state index contributed by atoms with van der Waals surface area (Å²) < 4.78 is 0. The van der Waals surface area contributed by atoms with Gasteiger partial charge in [-0.1, -0.05) is 66.8 Å². The van der Waals surface area contributed by atoms with E-state index in [1.807, 2.05) is 84.3 Å². The third kappa shape index (κ3) is 3.46. The van der Waals surface area contributed by atoms with Crippen molar-refractivity contribution in [1.82, 2.24) is 4.98 Å². The summed E-state index contributed by atoms with van der Waals surface area (Å²) in [4.78, 5) is 16.6. The van der Waals surface area contributed by atoms with Crippen LogP contribution in [0, 0.1) is 5.92 Å². The fourth-order valence-electron chi connectivity index (χ4n) is 3.33. The molecule has 1 atom stereocenters. The molecule has 29 heavy (non-hydrogen) atoms. The lowest BCUT2D eigenvalue weighted by atomic mass is 9.89. The normalized spacial score (nSPS) is 17.5. The predicted molar refractivity (Wildman–Crippen MR) is 116 cm³/mol. The van der Waals surface area contributed by atoms with Crippen LogP contribution in [0.25, 0.3) is 17.0 Å². The number of benzene rings is 2. The van der Waals surface area contributed by atoms with Crippen molar-refractivity contribution < 1.29 is 4.79 Å². The maximum atomic E-state index is 12.0. The highest BCUT2D eigenvalue weighted by Crippen LogP contribution is 2.34. The van der Waals surface area contributed by atoms with Crippen LogP contribution < -0.4 is 5.32 Å². The summed E-state index contributed by atoms with van der Waals surface area (Å²) >= 11 is 1.57. The molecule has 1 aliphatic carbocycles. The standard InChI is InChI=1S/C23H16N4OS/c28-22-19-9-5-4-8-18(19)21(26-27-22)16-10-12-17(13-11-16)24-23-25-20(14-29-23)15-6-2-1-3-7-15/h1-14,19H,(H,24,25). The monoisotopic (exact) mass is 396 g/mol. The van der Waals surface area contributed by atoms with E-state index in [2.05, 4.69) is 20.5 Å². The summed E-state index contributed by atoms with van der Waals surface area (Å²) in [6, 6.07) is 18.0. The van der Waals surface area contributed by atoms with Crippen molar-refractivity contribution in [3.05, 3.63) is 95.4 Å². The van der Waals surface area contributed by atoms with Gasteiger partial charge in [0.1, 0.15) is 0 Å². The second kappa shape index (κ2) is 7.41. The maximum Gasteiger partial charge on any atom is 0.276 e. The van der Waals surface area contributed by atoms with Gasteiger partial charge in [-0.25, -0.2) is 4.98 Å². The molecule has 0 saturated heterocycles. The molecule has 0 radical (unpaired) electrons. The Balaban J connectivity index is 1.37. The van der Waals surface area contributed by atoms with E-state index in [4.69, 9.17) is 0 Å². The van der Waals surface area contributed by atoms with Crippen molar-refractivity contribution in [2.24, 2.45) is 16.1 Å². The summed E-state index contributed by atoms with van der Waals surface area (Å²) in [5, 5.41) is 14.2. The lowest BCUT2D eigenvalue weighted by Gasteiger charge is -2.19. The number of aromatic nitrogens is 1. The second-order valence-corrected chi connectivity index (χ2v) is 7.53. The van der Waals surface area contributed by atoms with Crippen molar-refractivity contribution in [3.63, 3.8) is 0 Å². The Bertz CT molecular complexity index is 1190. The molecule has 5 rings (SSSR count). The fraction of sp³-hybridized carbons (Fsp3) is 0.0435. The number of carbonyl (C=O) groups excluding carboxylic acids is 1. The number of rotatable bonds is 4. The van der Waals surface area contributed by atoms with E-state index in [-0.39, 0.29) is 11.8 Å². The van der Waals surface area contributed by atoms with Gasteiger partial charge in [-0.05, 0) is 17.7 Å². The zero-order valence-corrected chi connectivity index (χ0v) is 16.1. The summed E-state index contributed by atoms with van der Waals surface area (Å²) in [7, 11) is 0. The van der Waals surface area contributed by atoms with Gasteiger partial charge in [0.25, 0.3) is 5.91 Å². The largest absolute Gasteiger partial charge is 0.332 e. The molecule has 1 amide bonds. The molecular formula is C23H16N4OS. The number of nitrogens with one attached hydrogen (secondary N) is 1. The van der Waals surface area contributed by atoms with E-state index in [1.54, 1.807) is 11.3 Å². The Labute approximate surface area is 171 Å². The average molecular weight is 396 g/mol. The Morgan fingerprint density at radius 1 is 0.897 bits per heavy atom. The van der Waals surface area contributed by atoms with Crippen LogP contribution >= 0.6 is 11.3 Å². The molecule has 3 aromatic rings. The molecule has 2 aliphatic rings. The number of fused-ring (bicyclic) bond motifs is 1. The van der Waals surface area contributed by atoms with Crippen LogP contribution in [0.15, 0.2) is 100 Å². The lowest BCUT2D eigenvalue weighted by Crippen LogP contribution is -2.17. The predicted octanol–water partition coefficient (Wildman–Crippen LogP) is 6.00. The van der Waals surface area contributed by atoms with Crippen molar-refractivity contribution in [2.75, 3.05) is 5.32 Å². The van der Waals surface area contributed by atoms with Crippen molar-refractivity contribution in [2.45, 2.75) is 0 Å². The van der Waals surface area contributed by atoms with Crippen LogP contribution in [0.3, 0.4) is 0 Å². The summed E-state index contributed by atoms with van der Waals surface area (Å²) in [5.74, 6) is -0.558. The van der Waals surface area contributed by atoms with Gasteiger partial charge < -0.3 is 5.32 Å². The highest BCUT2D eigenvalue weighted by molar-refractivity contribution is 7.14. The lowest BCUT2D eigenvalue weighted by molar-refractivity contribution is -0.119. The van der Waals surface area contributed by atoms with Crippen molar-refractivity contribution in [1.29, 1.82) is 0 Å². The first kappa shape index (κ1) is 17.5. The van der Waals surface area contributed by atoms with Gasteiger partial charge in [0, 0.05) is 22.2 Å². The minimum absolute atomic E-state index is 0.222. The van der Waals surface area contributed by atoms with Gasteiger partial charge in [-0.2, -0.15) is 0 Å². The molecule has 0 bridgehead atoms. The first-order valence-electron chi connectivity index (χ1n) is 9.21. The Kier molecular flexibility index (Phi) is 4.46. The van der Waals surface area contributed by atoms with Gasteiger partial charge in [-0.15, -0.1) is 21.6 Å². The van der Waals surface area contributed by atoms with Crippen LogP contribution in [0.5, 0.6) is 0 Å². The van der Waals surface area contributed by atoms with E-state index in [1.165, 1.54) is 0 Å². The molecule has 0 spiro atoms. The van der Waals surface area contributed by atoms with Gasteiger partial charge in [0.05, 0.1) is 17.3 Å². The van der Waals surface area contributed by atoms with Crippen LogP contribution in [-0.2, 0) is 4.79 Å². The third-order valence-corrected chi connectivity index (χ3v) is 5.55. The van der Waals surface area contributed by atoms with E-state index in [0.717, 1.165) is 38.9 Å². The highest BCUT2D eigenvalue weighted by Gasteiger charge is 2.27. The Hall–Kier alpha value is -3.64. The van der Waals surface area contributed by atoms with Crippen LogP contribution in [-0.4, -0.2) is 10.9 Å². The average Bonchev–Trinajstić information content (AvgIpc) is 3.24. The quantitative estimate of drug-likeness (QED) is 0.588. The van der Waals surface area contributed by atoms with Gasteiger partial charge in [-0.3, -0.25) is 4.79 Å². The van der Waals surface area contributed by atoms with Crippen molar-refractivity contribution >= 4 is 33.8 Å². The smallest absolute Gasteiger partial charge is 0.276 e.